The van der Waals surface area contributed by atoms with Gasteiger partial charge in [-0.25, -0.2) is 0 Å². The van der Waals surface area contributed by atoms with Crippen LogP contribution in [0.15, 0.2) is 18.2 Å². The van der Waals surface area contributed by atoms with Crippen LogP contribution in [0.3, 0.4) is 0 Å². The molecule has 0 aromatic heterocycles. The molecule has 0 radical (unpaired) electrons. The van der Waals surface area contributed by atoms with Gasteiger partial charge in [-0.1, -0.05) is 19.1 Å². The summed E-state index contributed by atoms with van der Waals surface area (Å²) >= 11 is 0. The zero-order valence-electron chi connectivity index (χ0n) is 10.1. The molecule has 0 saturated carbocycles. The maximum absolute atomic E-state index is 5.96. The molecule has 2 aliphatic rings. The second kappa shape index (κ2) is 3.34. The molecule has 0 N–H and O–H groups in total. The second-order valence-electron chi connectivity index (χ2n) is 5.07. The standard InChI is InChI=1S/C14H18NO/c1-9-7-12-5-4-6-13-14(12)15(8-9)10(2)11(3)16-13/h4-6,8-11H,7H2,1-3H3/q+1. The molecule has 3 unspecified atom stereocenters. The van der Waals surface area contributed by atoms with Crippen LogP contribution in [-0.2, 0) is 6.42 Å². The van der Waals surface area contributed by atoms with Crippen molar-refractivity contribution in [2.45, 2.75) is 39.3 Å². The van der Waals surface area contributed by atoms with Crippen molar-refractivity contribution in [2.75, 3.05) is 0 Å². The minimum Gasteiger partial charge on any atom is -0.477 e. The molecule has 16 heavy (non-hydrogen) atoms. The lowest BCUT2D eigenvalue weighted by Gasteiger charge is -2.30. The lowest BCUT2D eigenvalue weighted by atomic mass is 9.94. The zero-order valence-corrected chi connectivity index (χ0v) is 10.1. The zero-order chi connectivity index (χ0) is 11.3. The van der Waals surface area contributed by atoms with Crippen LogP contribution in [0.5, 0.6) is 5.75 Å². The third-order valence-corrected chi connectivity index (χ3v) is 3.73. The summed E-state index contributed by atoms with van der Waals surface area (Å²) in [4.78, 5) is 0. The van der Waals surface area contributed by atoms with E-state index in [4.69, 9.17) is 4.74 Å². The SMILES string of the molecule is CC1C=[N+]2c3c(cccc3OC(C)C2C)C1. The smallest absolute Gasteiger partial charge is 0.250 e. The predicted octanol–water partition coefficient (Wildman–Crippen LogP) is 2.76. The molecule has 0 spiro atoms. The van der Waals surface area contributed by atoms with Crippen LogP contribution in [0.1, 0.15) is 26.3 Å². The Bertz CT molecular complexity index is 464. The second-order valence-corrected chi connectivity index (χ2v) is 5.07. The van der Waals surface area contributed by atoms with Gasteiger partial charge in [-0.05, 0) is 19.4 Å². The molecule has 2 heterocycles. The van der Waals surface area contributed by atoms with Gasteiger partial charge in [0.1, 0.15) is 6.21 Å². The van der Waals surface area contributed by atoms with Gasteiger partial charge < -0.3 is 4.74 Å². The topological polar surface area (TPSA) is 12.2 Å². The van der Waals surface area contributed by atoms with Gasteiger partial charge in [0.05, 0.1) is 0 Å². The van der Waals surface area contributed by atoms with Crippen molar-refractivity contribution in [3.05, 3.63) is 23.8 Å². The first-order valence-corrected chi connectivity index (χ1v) is 6.08. The Hall–Kier alpha value is -1.31. The Kier molecular flexibility index (Phi) is 2.06. The first kappa shape index (κ1) is 9.88. The lowest BCUT2D eigenvalue weighted by Crippen LogP contribution is -2.41. The summed E-state index contributed by atoms with van der Waals surface area (Å²) in [7, 11) is 0. The summed E-state index contributed by atoms with van der Waals surface area (Å²) < 4.78 is 8.37. The largest absolute Gasteiger partial charge is 0.477 e. The lowest BCUT2D eigenvalue weighted by molar-refractivity contribution is -0.501. The molecule has 0 bridgehead atoms. The minimum atomic E-state index is 0.254. The Balaban J connectivity index is 2.23. The van der Waals surface area contributed by atoms with E-state index in [9.17, 15) is 0 Å². The van der Waals surface area contributed by atoms with E-state index in [1.165, 1.54) is 11.3 Å². The predicted molar refractivity (Wildman–Crippen MR) is 64.8 cm³/mol. The molecule has 3 rings (SSSR count). The van der Waals surface area contributed by atoms with Crippen LogP contribution < -0.4 is 4.74 Å². The van der Waals surface area contributed by atoms with Crippen molar-refractivity contribution < 1.29 is 9.31 Å². The van der Waals surface area contributed by atoms with E-state index in [-0.39, 0.29) is 6.10 Å². The van der Waals surface area contributed by atoms with Crippen molar-refractivity contribution in [3.63, 3.8) is 0 Å². The minimum absolute atomic E-state index is 0.254. The number of benzene rings is 1. The summed E-state index contributed by atoms with van der Waals surface area (Å²) in [5, 5.41) is 0. The van der Waals surface area contributed by atoms with E-state index < -0.39 is 0 Å². The van der Waals surface area contributed by atoms with Gasteiger partial charge in [0.2, 0.25) is 0 Å². The molecule has 0 aliphatic carbocycles. The third-order valence-electron chi connectivity index (χ3n) is 3.73. The number of nitrogens with zero attached hydrogens (tertiary/aromatic N) is 1. The van der Waals surface area contributed by atoms with Crippen LogP contribution in [0.4, 0.5) is 5.69 Å². The maximum atomic E-state index is 5.96. The molecule has 2 nitrogen and oxygen atoms in total. The van der Waals surface area contributed by atoms with Gasteiger partial charge in [0, 0.05) is 18.4 Å². The van der Waals surface area contributed by atoms with E-state index in [1.807, 2.05) is 0 Å². The Morgan fingerprint density at radius 1 is 1.25 bits per heavy atom. The Morgan fingerprint density at radius 2 is 2.06 bits per heavy atom. The summed E-state index contributed by atoms with van der Waals surface area (Å²) in [6, 6.07) is 6.84. The molecular formula is C14H18NO+. The average molecular weight is 216 g/mol. The van der Waals surface area contributed by atoms with Crippen molar-refractivity contribution in [1.82, 2.24) is 0 Å². The van der Waals surface area contributed by atoms with Gasteiger partial charge in [0.15, 0.2) is 17.9 Å². The van der Waals surface area contributed by atoms with Gasteiger partial charge in [-0.2, -0.15) is 4.58 Å². The highest BCUT2D eigenvalue weighted by Gasteiger charge is 2.39. The average Bonchev–Trinajstić information content (AvgIpc) is 2.25. The van der Waals surface area contributed by atoms with Crippen LogP contribution in [0, 0.1) is 5.92 Å². The normalized spacial score (nSPS) is 31.4. The van der Waals surface area contributed by atoms with E-state index in [2.05, 4.69) is 49.8 Å². The van der Waals surface area contributed by atoms with Crippen molar-refractivity contribution in [1.29, 1.82) is 0 Å². The van der Waals surface area contributed by atoms with E-state index >= 15 is 0 Å². The third kappa shape index (κ3) is 1.29. The van der Waals surface area contributed by atoms with Gasteiger partial charge in [-0.3, -0.25) is 0 Å². The molecule has 84 valence electrons. The number of hydrogen-bond donors (Lipinski definition) is 0. The fourth-order valence-corrected chi connectivity index (χ4v) is 2.73. The first-order valence-electron chi connectivity index (χ1n) is 6.08. The van der Waals surface area contributed by atoms with Crippen LogP contribution in [0.25, 0.3) is 0 Å². The van der Waals surface area contributed by atoms with E-state index in [0.29, 0.717) is 12.0 Å². The molecule has 3 atom stereocenters. The molecule has 2 heteroatoms. The Labute approximate surface area is 96.6 Å². The van der Waals surface area contributed by atoms with Crippen molar-refractivity contribution in [3.8, 4) is 5.75 Å². The monoisotopic (exact) mass is 216 g/mol. The molecule has 1 aromatic rings. The maximum Gasteiger partial charge on any atom is 0.250 e. The van der Waals surface area contributed by atoms with Crippen molar-refractivity contribution in [2.24, 2.45) is 5.92 Å². The summed E-state index contributed by atoms with van der Waals surface area (Å²) in [5.74, 6) is 1.67. The highest BCUT2D eigenvalue weighted by atomic mass is 16.5. The van der Waals surface area contributed by atoms with E-state index in [0.717, 1.165) is 12.2 Å². The molecule has 2 aliphatic heterocycles. The fraction of sp³-hybridized carbons (Fsp3) is 0.500. The van der Waals surface area contributed by atoms with Gasteiger partial charge in [-0.15, -0.1) is 0 Å². The van der Waals surface area contributed by atoms with Gasteiger partial charge >= 0.3 is 0 Å². The molecular weight excluding hydrogens is 198 g/mol. The van der Waals surface area contributed by atoms with Crippen LogP contribution in [-0.4, -0.2) is 22.9 Å². The molecule has 0 saturated heterocycles. The number of hydrogen-bond acceptors (Lipinski definition) is 1. The highest BCUT2D eigenvalue weighted by Crippen LogP contribution is 2.40. The quantitative estimate of drug-likeness (QED) is 0.607. The summed E-state index contributed by atoms with van der Waals surface area (Å²) in [6.45, 7) is 6.66. The van der Waals surface area contributed by atoms with Crippen LogP contribution in [0.2, 0.25) is 0 Å². The molecule has 0 fully saturated rings. The fourth-order valence-electron chi connectivity index (χ4n) is 2.73. The molecule has 0 amide bonds. The Morgan fingerprint density at radius 3 is 2.88 bits per heavy atom. The van der Waals surface area contributed by atoms with E-state index in [1.54, 1.807) is 0 Å². The van der Waals surface area contributed by atoms with Crippen LogP contribution >= 0.6 is 0 Å². The highest BCUT2D eigenvalue weighted by molar-refractivity contribution is 5.66. The summed E-state index contributed by atoms with van der Waals surface area (Å²) in [6.07, 6.45) is 3.74. The van der Waals surface area contributed by atoms with Crippen molar-refractivity contribution >= 4 is 11.9 Å². The number of ether oxygens (including phenoxy) is 1. The number of para-hydroxylation sites is 1. The van der Waals surface area contributed by atoms with Gasteiger partial charge in [0.25, 0.3) is 5.69 Å². The molecule has 1 aromatic carbocycles. The summed E-state index contributed by atoms with van der Waals surface area (Å²) in [5.41, 5.74) is 2.72. The number of rotatable bonds is 0. The first-order chi connectivity index (χ1) is 7.66.